The van der Waals surface area contributed by atoms with Crippen LogP contribution in [-0.4, -0.2) is 38.5 Å². The molecule has 23 heavy (non-hydrogen) atoms. The van der Waals surface area contributed by atoms with Gasteiger partial charge in [-0.1, -0.05) is 0 Å². The zero-order chi connectivity index (χ0) is 17.1. The fraction of sp³-hybridized carbons (Fsp3) is 0.154. The van der Waals surface area contributed by atoms with Crippen molar-refractivity contribution < 1.29 is 29.5 Å². The predicted molar refractivity (Wildman–Crippen MR) is 77.9 cm³/mol. The largest absolute Gasteiger partial charge is 0.504 e. The Bertz CT molecular complexity index is 786. The number of aromatic nitrogens is 1. The van der Waals surface area contributed by atoms with E-state index in [4.69, 9.17) is 4.74 Å². The molecule has 0 radical (unpaired) electrons. The van der Waals surface area contributed by atoms with E-state index in [9.17, 15) is 29.9 Å². The molecule has 1 aromatic carbocycles. The molecular weight excluding hydrogens is 328 g/mol. The molecule has 0 bridgehead atoms. The number of esters is 1. The quantitative estimate of drug-likeness (QED) is 0.277. The second-order valence-electron chi connectivity index (χ2n) is 4.16. The number of hydrogen-bond donors (Lipinski definition) is 2. The smallest absolute Gasteiger partial charge is 0.339 e. The first-order chi connectivity index (χ1) is 10.9. The fourth-order valence-corrected chi connectivity index (χ4v) is 2.45. The molecule has 2 rings (SSSR count). The number of carbonyl (C=O) groups is 2. The van der Waals surface area contributed by atoms with Gasteiger partial charge in [-0.2, -0.15) is 0 Å². The normalized spacial score (nSPS) is 10.3. The molecule has 0 spiro atoms. The summed E-state index contributed by atoms with van der Waals surface area (Å²) in [6.07, 6.45) is 1.31. The zero-order valence-electron chi connectivity index (χ0n) is 11.7. The van der Waals surface area contributed by atoms with Crippen LogP contribution in [0.15, 0.2) is 17.6 Å². The molecule has 1 aromatic heterocycles. The third-order valence-corrected chi connectivity index (χ3v) is 3.56. The van der Waals surface area contributed by atoms with Gasteiger partial charge in [0.15, 0.2) is 10.8 Å². The van der Waals surface area contributed by atoms with E-state index in [1.165, 1.54) is 18.5 Å². The number of ether oxygens (including phenoxy) is 1. The number of ketones is 1. The molecule has 1 heterocycles. The zero-order valence-corrected chi connectivity index (χ0v) is 12.5. The number of nitro benzene ring substituents is 1. The van der Waals surface area contributed by atoms with Crippen LogP contribution in [0.3, 0.4) is 0 Å². The van der Waals surface area contributed by atoms with E-state index in [1.807, 2.05) is 0 Å². The molecule has 9 nitrogen and oxygen atoms in total. The predicted octanol–water partition coefficient (Wildman–Crippen LogP) is 1.87. The summed E-state index contributed by atoms with van der Waals surface area (Å²) in [5, 5.41) is 31.9. The van der Waals surface area contributed by atoms with Crippen molar-refractivity contribution in [3.8, 4) is 11.5 Å². The van der Waals surface area contributed by atoms with Crippen molar-refractivity contribution in [3.05, 3.63) is 43.9 Å². The van der Waals surface area contributed by atoms with Crippen LogP contribution < -0.4 is 0 Å². The minimum absolute atomic E-state index is 0.0425. The van der Waals surface area contributed by atoms with Crippen molar-refractivity contribution in [2.45, 2.75) is 6.92 Å². The lowest BCUT2D eigenvalue weighted by molar-refractivity contribution is -0.386. The standard InChI is InChI=1S/C13H10N2O7S/c1-2-22-13(19)6-5-7(16)10(17)9(15(20)21)8(6)11(18)12-14-3-4-23-12/h3-5,16-17H,2H2,1H3. The molecule has 2 N–H and O–H groups in total. The average Bonchev–Trinajstić information content (AvgIpc) is 3.02. The second-order valence-corrected chi connectivity index (χ2v) is 5.05. The van der Waals surface area contributed by atoms with Gasteiger partial charge in [-0.05, 0) is 13.0 Å². The highest BCUT2D eigenvalue weighted by Crippen LogP contribution is 2.41. The Morgan fingerprint density at radius 1 is 1.43 bits per heavy atom. The minimum Gasteiger partial charge on any atom is -0.504 e. The summed E-state index contributed by atoms with van der Waals surface area (Å²) in [5.41, 5.74) is -2.28. The summed E-state index contributed by atoms with van der Waals surface area (Å²) in [5.74, 6) is -3.98. The highest BCUT2D eigenvalue weighted by molar-refractivity contribution is 7.11. The van der Waals surface area contributed by atoms with Crippen LogP contribution >= 0.6 is 11.3 Å². The molecule has 120 valence electrons. The van der Waals surface area contributed by atoms with Crippen LogP contribution in [-0.2, 0) is 4.74 Å². The first kappa shape index (κ1) is 16.4. The number of benzene rings is 1. The van der Waals surface area contributed by atoms with Gasteiger partial charge in [-0.25, -0.2) is 9.78 Å². The van der Waals surface area contributed by atoms with Crippen molar-refractivity contribution in [3.63, 3.8) is 0 Å². The monoisotopic (exact) mass is 338 g/mol. The molecule has 0 saturated heterocycles. The van der Waals surface area contributed by atoms with Gasteiger partial charge < -0.3 is 14.9 Å². The van der Waals surface area contributed by atoms with Crippen LogP contribution in [0.4, 0.5) is 5.69 Å². The Labute approximate surface area is 132 Å². The number of aromatic hydroxyl groups is 2. The molecule has 0 unspecified atom stereocenters. The van der Waals surface area contributed by atoms with Gasteiger partial charge in [-0.15, -0.1) is 11.3 Å². The number of rotatable bonds is 5. The Kier molecular flexibility index (Phi) is 4.55. The summed E-state index contributed by atoms with van der Waals surface area (Å²) in [6.45, 7) is 1.47. The summed E-state index contributed by atoms with van der Waals surface area (Å²) in [6, 6.07) is 0.751. The van der Waals surface area contributed by atoms with Gasteiger partial charge in [0.05, 0.1) is 17.1 Å². The van der Waals surface area contributed by atoms with Crippen LogP contribution in [0.25, 0.3) is 0 Å². The Morgan fingerprint density at radius 2 is 2.13 bits per heavy atom. The molecule has 0 fully saturated rings. The topological polar surface area (TPSA) is 140 Å². The third-order valence-electron chi connectivity index (χ3n) is 2.79. The van der Waals surface area contributed by atoms with Gasteiger partial charge in [0.25, 0.3) is 0 Å². The van der Waals surface area contributed by atoms with Crippen LogP contribution in [0, 0.1) is 10.1 Å². The van der Waals surface area contributed by atoms with Crippen LogP contribution in [0.1, 0.15) is 32.6 Å². The summed E-state index contributed by atoms with van der Waals surface area (Å²) in [4.78, 5) is 38.3. The first-order valence-electron chi connectivity index (χ1n) is 6.23. The lowest BCUT2D eigenvalue weighted by atomic mass is 10.00. The van der Waals surface area contributed by atoms with Crippen molar-refractivity contribution in [1.29, 1.82) is 0 Å². The Balaban J connectivity index is 2.78. The molecule has 0 saturated carbocycles. The maximum atomic E-state index is 12.5. The van der Waals surface area contributed by atoms with Crippen molar-refractivity contribution in [2.75, 3.05) is 6.61 Å². The number of nitrogens with zero attached hydrogens (tertiary/aromatic N) is 2. The summed E-state index contributed by atoms with van der Waals surface area (Å²) >= 11 is 0.911. The number of hydrogen-bond acceptors (Lipinski definition) is 9. The number of carbonyl (C=O) groups excluding carboxylic acids is 2. The first-order valence-corrected chi connectivity index (χ1v) is 7.11. The van der Waals surface area contributed by atoms with Gasteiger partial charge in [0, 0.05) is 11.6 Å². The van der Waals surface area contributed by atoms with E-state index in [0.29, 0.717) is 0 Å². The highest BCUT2D eigenvalue weighted by Gasteiger charge is 2.35. The molecule has 0 aliphatic rings. The molecule has 2 aromatic rings. The Hall–Kier alpha value is -3.01. The maximum absolute atomic E-state index is 12.5. The number of phenols is 2. The van der Waals surface area contributed by atoms with E-state index >= 15 is 0 Å². The van der Waals surface area contributed by atoms with Crippen molar-refractivity contribution in [2.24, 2.45) is 0 Å². The Morgan fingerprint density at radius 3 is 2.65 bits per heavy atom. The second kappa shape index (κ2) is 6.40. The lowest BCUT2D eigenvalue weighted by Gasteiger charge is -2.10. The molecule has 0 atom stereocenters. The molecule has 0 aliphatic carbocycles. The van der Waals surface area contributed by atoms with E-state index < -0.39 is 45.0 Å². The molecule has 0 amide bonds. The van der Waals surface area contributed by atoms with Gasteiger partial charge in [0.2, 0.25) is 11.5 Å². The lowest BCUT2D eigenvalue weighted by Crippen LogP contribution is -2.15. The van der Waals surface area contributed by atoms with E-state index in [-0.39, 0.29) is 11.6 Å². The van der Waals surface area contributed by atoms with Crippen LogP contribution in [0.5, 0.6) is 11.5 Å². The van der Waals surface area contributed by atoms with Crippen molar-refractivity contribution >= 4 is 28.8 Å². The van der Waals surface area contributed by atoms with Crippen molar-refractivity contribution in [1.82, 2.24) is 4.98 Å². The highest BCUT2D eigenvalue weighted by atomic mass is 32.1. The number of phenolic OH excluding ortho intramolecular Hbond substituents is 2. The van der Waals surface area contributed by atoms with Gasteiger partial charge >= 0.3 is 11.7 Å². The maximum Gasteiger partial charge on any atom is 0.339 e. The molecular formula is C13H10N2O7S. The number of thiazole rings is 1. The van der Waals surface area contributed by atoms with Gasteiger partial charge in [-0.3, -0.25) is 14.9 Å². The third kappa shape index (κ3) is 2.97. The fourth-order valence-electron chi connectivity index (χ4n) is 1.86. The minimum atomic E-state index is -1.11. The van der Waals surface area contributed by atoms with E-state index in [2.05, 4.69) is 4.98 Å². The van der Waals surface area contributed by atoms with E-state index in [0.717, 1.165) is 17.4 Å². The average molecular weight is 338 g/mol. The summed E-state index contributed by atoms with van der Waals surface area (Å²) in [7, 11) is 0. The molecule has 10 heteroatoms. The summed E-state index contributed by atoms with van der Waals surface area (Å²) < 4.78 is 4.74. The molecule has 0 aliphatic heterocycles. The van der Waals surface area contributed by atoms with Crippen LogP contribution in [0.2, 0.25) is 0 Å². The number of nitro groups is 1. The van der Waals surface area contributed by atoms with Gasteiger partial charge in [0.1, 0.15) is 5.56 Å². The van der Waals surface area contributed by atoms with E-state index in [1.54, 1.807) is 0 Å². The SMILES string of the molecule is CCOC(=O)c1cc(O)c(O)c([N+](=O)[O-])c1C(=O)c1nccs1.